The Morgan fingerprint density at radius 3 is 1.14 bits per heavy atom. The van der Waals surface area contributed by atoms with Gasteiger partial charge in [0.15, 0.2) is 0 Å². The average molecular weight is 269 g/mol. The smallest absolute Gasteiger partial charge is 1.00 e. The molecule has 0 aromatic rings. The molecule has 46 valence electrons. The van der Waals surface area contributed by atoms with Gasteiger partial charge < -0.3 is 37.2 Å². The monoisotopic (exact) mass is 268 g/mol. The fraction of sp³-hybridized carbons (Fsp3) is 0. The van der Waals surface area contributed by atoms with Crippen LogP contribution in [0.15, 0.2) is 0 Å². The van der Waals surface area contributed by atoms with E-state index in [2.05, 4.69) is 8.86 Å². The van der Waals surface area contributed by atoms with Crippen LogP contribution in [0.1, 0.15) is 0 Å². The van der Waals surface area contributed by atoms with Crippen molar-refractivity contribution >= 4 is 14.5 Å². The minimum Gasteiger partial charge on any atom is -1.00 e. The van der Waals surface area contributed by atoms with Crippen LogP contribution >= 0.6 is 8.86 Å². The molecule has 0 radical (unpaired) electrons. The largest absolute Gasteiger partial charge is 3.00 e. The third kappa shape index (κ3) is 113. The molecule has 0 aliphatic rings. The van der Waals surface area contributed by atoms with Crippen molar-refractivity contribution in [3.8, 4) is 0 Å². The van der Waals surface area contributed by atoms with Crippen LogP contribution in [0.25, 0.3) is 0 Å². The summed E-state index contributed by atoms with van der Waals surface area (Å²) in [5, 5.41) is 0. The van der Waals surface area contributed by atoms with Gasteiger partial charge in [-0.3, -0.25) is 0 Å². The van der Waals surface area contributed by atoms with Gasteiger partial charge in [0.05, 0.1) is 0 Å². The molecule has 0 aliphatic heterocycles. The van der Waals surface area contributed by atoms with E-state index in [1.54, 1.807) is 0 Å². The van der Waals surface area contributed by atoms with E-state index in [-0.39, 0.29) is 56.7 Å². The van der Waals surface area contributed by atoms with Crippen molar-refractivity contribution in [3.63, 3.8) is 0 Å². The molecule has 0 rings (SSSR count). The summed E-state index contributed by atoms with van der Waals surface area (Å²) in [4.78, 5) is 8.59. The molecule has 7 heavy (non-hydrogen) atoms. The first kappa shape index (κ1) is 40.0. The molecule has 0 saturated heterocycles. The molecule has 0 heterocycles. The first-order valence-electron chi connectivity index (χ1n) is 0.454. The third-order valence-corrected chi connectivity index (χ3v) is 0. The molecule has 0 bridgehead atoms. The van der Waals surface area contributed by atoms with Gasteiger partial charge in [-0.1, -0.05) is 0 Å². The van der Waals surface area contributed by atoms with E-state index in [0.717, 1.165) is 0 Å². The van der Waals surface area contributed by atoms with Crippen molar-refractivity contribution in [2.24, 2.45) is 0 Å². The molecule has 0 unspecified atom stereocenters. The van der Waals surface area contributed by atoms with Crippen LogP contribution in [0.2, 0.25) is 0 Å². The first-order valence-corrected chi connectivity index (χ1v) is 0.954. The Bertz CT molecular complexity index is 35.9. The summed E-state index contributed by atoms with van der Waals surface area (Å²) in [6, 6.07) is 0. The second-order valence-corrected chi connectivity index (χ2v) is 0.306. The summed E-state index contributed by atoms with van der Waals surface area (Å²) in [6.07, 6.45) is 0. The topological polar surface area (TPSA) is 17.1 Å². The molecule has 0 N–H and O–H groups in total. The number of hydrogen-bond acceptors (Lipinski definition) is 1. The quantitative estimate of drug-likeness (QED) is 0.315. The molecule has 0 aromatic heterocycles. The SMILES string of the molecule is O=C=P.[Cl-].[Cl-].[Cl-].[Rh+3]. The van der Waals surface area contributed by atoms with Gasteiger partial charge in [-0.05, 0) is 8.86 Å². The third-order valence-electron chi connectivity index (χ3n) is 0. The van der Waals surface area contributed by atoms with E-state index >= 15 is 0 Å². The van der Waals surface area contributed by atoms with E-state index in [1.807, 2.05) is 0 Å². The summed E-state index contributed by atoms with van der Waals surface area (Å²) in [5.41, 5.74) is 1.31. The summed E-state index contributed by atoms with van der Waals surface area (Å²) < 4.78 is 0. The molecular weight excluding hydrogens is 268 g/mol. The van der Waals surface area contributed by atoms with Crippen LogP contribution in [0.4, 0.5) is 0 Å². The Labute approximate surface area is 75.8 Å². The van der Waals surface area contributed by atoms with E-state index in [1.165, 1.54) is 5.66 Å². The summed E-state index contributed by atoms with van der Waals surface area (Å²) in [7, 11) is 2.38. The van der Waals surface area contributed by atoms with Crippen molar-refractivity contribution in [2.75, 3.05) is 0 Å². The van der Waals surface area contributed by atoms with Crippen LogP contribution < -0.4 is 37.2 Å². The Morgan fingerprint density at radius 2 is 1.14 bits per heavy atom. The van der Waals surface area contributed by atoms with E-state index < -0.39 is 0 Å². The fourth-order valence-electron chi connectivity index (χ4n) is 0. The molecule has 0 spiro atoms. The maximum atomic E-state index is 8.59. The van der Waals surface area contributed by atoms with Gasteiger partial charge in [-0.15, -0.1) is 0 Å². The van der Waals surface area contributed by atoms with Crippen molar-refractivity contribution < 1.29 is 61.5 Å². The van der Waals surface area contributed by atoms with Gasteiger partial charge in [0, 0.05) is 0 Å². The average Bonchev–Trinajstić information content (AvgIpc) is 0.918. The predicted molar refractivity (Wildman–Crippen MR) is 14.0 cm³/mol. The van der Waals surface area contributed by atoms with E-state index in [0.29, 0.717) is 0 Å². The minimum absolute atomic E-state index is 0. The summed E-state index contributed by atoms with van der Waals surface area (Å²) >= 11 is 0. The second-order valence-electron chi connectivity index (χ2n) is 0.102. The number of carbonyl (C=O) groups excluding carboxylic acids is 1. The molecule has 0 saturated carbocycles. The predicted octanol–water partition coefficient (Wildman–Crippen LogP) is -8.79. The zero-order chi connectivity index (χ0) is 2.71. The van der Waals surface area contributed by atoms with Gasteiger partial charge in [0.2, 0.25) is 0 Å². The van der Waals surface area contributed by atoms with Gasteiger partial charge in [-0.2, -0.15) is 0 Å². The van der Waals surface area contributed by atoms with Gasteiger partial charge >= 0.3 is 19.5 Å². The number of hydrogen-bond donors (Lipinski definition) is 0. The van der Waals surface area contributed by atoms with Gasteiger partial charge in [0.1, 0.15) is 5.66 Å². The normalized spacial score (nSPS) is 1.14. The Kier molecular flexibility index (Phi) is 304. The second kappa shape index (κ2) is 53.2. The van der Waals surface area contributed by atoms with Crippen molar-refractivity contribution in [1.29, 1.82) is 0 Å². The van der Waals surface area contributed by atoms with E-state index in [9.17, 15) is 0 Å². The zero-order valence-electron chi connectivity index (χ0n) is 2.88. The summed E-state index contributed by atoms with van der Waals surface area (Å²) in [6.45, 7) is 0. The Morgan fingerprint density at radius 1 is 1.14 bits per heavy atom. The molecule has 0 aliphatic carbocycles. The van der Waals surface area contributed by atoms with Crippen molar-refractivity contribution in [2.45, 2.75) is 0 Å². The molecule has 6 heteroatoms. The van der Waals surface area contributed by atoms with E-state index in [4.69, 9.17) is 4.79 Å². The van der Waals surface area contributed by atoms with Crippen LogP contribution in [0.3, 0.4) is 0 Å². The zero-order valence-corrected chi connectivity index (χ0v) is 7.78. The maximum Gasteiger partial charge on any atom is 3.00 e. The minimum atomic E-state index is 0. The van der Waals surface area contributed by atoms with Crippen LogP contribution in [-0.2, 0) is 24.3 Å². The first-order chi connectivity index (χ1) is 1.41. The Balaban J connectivity index is -0.00000000333. The summed E-state index contributed by atoms with van der Waals surface area (Å²) in [5.74, 6) is 0. The number of rotatable bonds is 0. The standard InChI is InChI=1S/CHOP.3ClH.Rh/c2-1-3;;;;/h3H;3*1H;/q;;;;+3/p-3. The number of halogens is 3. The molecule has 0 atom stereocenters. The molecule has 0 fully saturated rings. The van der Waals surface area contributed by atoms with Gasteiger partial charge in [0.25, 0.3) is 0 Å². The Hall–Kier alpha value is 1.37. The molecule has 0 aromatic carbocycles. The molecule has 1 nitrogen and oxygen atoms in total. The van der Waals surface area contributed by atoms with Crippen LogP contribution in [-0.4, -0.2) is 5.66 Å². The maximum absolute atomic E-state index is 8.59. The van der Waals surface area contributed by atoms with Gasteiger partial charge in [-0.25, -0.2) is 4.79 Å². The van der Waals surface area contributed by atoms with Crippen LogP contribution in [0.5, 0.6) is 0 Å². The van der Waals surface area contributed by atoms with Crippen molar-refractivity contribution in [3.05, 3.63) is 0 Å². The van der Waals surface area contributed by atoms with Crippen LogP contribution in [0, 0.1) is 0 Å². The van der Waals surface area contributed by atoms with Crippen molar-refractivity contribution in [1.82, 2.24) is 0 Å². The molecular formula is CHCl3OPRh. The molecule has 0 amide bonds. The fourth-order valence-corrected chi connectivity index (χ4v) is 0.